The first kappa shape index (κ1) is 32.2. The highest BCUT2D eigenvalue weighted by molar-refractivity contribution is 7.07. The van der Waals surface area contributed by atoms with E-state index in [2.05, 4.69) is 4.99 Å². The number of hydrogen-bond donors (Lipinski definition) is 0. The first-order chi connectivity index (χ1) is 22.2. The maximum Gasteiger partial charge on any atom is 0.338 e. The molecule has 14 heteroatoms. The number of fused-ring (bicyclic) bond motifs is 1. The van der Waals surface area contributed by atoms with Gasteiger partial charge < -0.3 is 28.1 Å². The lowest BCUT2D eigenvalue weighted by Gasteiger charge is -2.27. The summed E-state index contributed by atoms with van der Waals surface area (Å²) in [6.07, 6.45) is 1.55. The molecule has 0 fully saturated rings. The van der Waals surface area contributed by atoms with Crippen molar-refractivity contribution >= 4 is 29.1 Å². The van der Waals surface area contributed by atoms with E-state index in [0.29, 0.717) is 57.0 Å². The van der Waals surface area contributed by atoms with Gasteiger partial charge >= 0.3 is 5.97 Å². The van der Waals surface area contributed by atoms with Gasteiger partial charge in [0.15, 0.2) is 16.3 Å². The number of thiazole rings is 1. The van der Waals surface area contributed by atoms with Gasteiger partial charge in [0.25, 0.3) is 11.2 Å². The number of rotatable bonds is 12. The van der Waals surface area contributed by atoms with Crippen molar-refractivity contribution in [2.24, 2.45) is 4.99 Å². The van der Waals surface area contributed by atoms with Crippen molar-refractivity contribution in [3.63, 3.8) is 0 Å². The second kappa shape index (κ2) is 13.8. The minimum atomic E-state index is -0.952. The molecule has 1 aliphatic rings. The van der Waals surface area contributed by atoms with Crippen molar-refractivity contribution in [1.29, 1.82) is 0 Å². The monoisotopic (exact) mass is 649 g/mol. The standard InChI is InChI=1S/C32H31N3O10S/c1-6-43-29-21(8-7-9-25(29)42-5)28-27(31(37)44-15-14-40-3)18(2)33-32-34(28)30(36)26(46-32)17-20-11-13-24(45-20)22-16-19(35(38)39)10-12-23(22)41-4/h7-13,16-17,28H,6,14-15H2,1-5H3/b26-17+/t28-/m0/s1. The summed E-state index contributed by atoms with van der Waals surface area (Å²) in [5.74, 6) is 1.18. The number of carbonyl (C=O) groups excluding carboxylic acids is 1. The number of furan rings is 1. The van der Waals surface area contributed by atoms with Crippen molar-refractivity contribution in [3.05, 3.63) is 101 Å². The van der Waals surface area contributed by atoms with Crippen LogP contribution in [0.4, 0.5) is 5.69 Å². The predicted octanol–water partition coefficient (Wildman–Crippen LogP) is 4.01. The summed E-state index contributed by atoms with van der Waals surface area (Å²) >= 11 is 1.12. The van der Waals surface area contributed by atoms with E-state index >= 15 is 0 Å². The normalized spacial score (nSPS) is 14.5. The van der Waals surface area contributed by atoms with Crippen LogP contribution >= 0.6 is 11.3 Å². The number of non-ortho nitro benzene ring substituents is 1. The van der Waals surface area contributed by atoms with E-state index < -0.39 is 22.5 Å². The molecular formula is C32H31N3O10S. The van der Waals surface area contributed by atoms with Crippen molar-refractivity contribution in [1.82, 2.24) is 4.57 Å². The van der Waals surface area contributed by atoms with Crippen LogP contribution in [0.5, 0.6) is 17.2 Å². The number of aromatic nitrogens is 1. The molecule has 0 saturated carbocycles. The van der Waals surface area contributed by atoms with Gasteiger partial charge in [0, 0.05) is 30.9 Å². The Balaban J connectivity index is 1.66. The van der Waals surface area contributed by atoms with E-state index in [1.54, 1.807) is 43.3 Å². The molecule has 0 radical (unpaired) electrons. The van der Waals surface area contributed by atoms with Crippen LogP contribution in [0.3, 0.4) is 0 Å². The van der Waals surface area contributed by atoms with Gasteiger partial charge in [-0.25, -0.2) is 9.79 Å². The number of ether oxygens (including phenoxy) is 5. The van der Waals surface area contributed by atoms with Gasteiger partial charge in [0.1, 0.15) is 29.9 Å². The molecule has 13 nitrogen and oxygen atoms in total. The van der Waals surface area contributed by atoms with Gasteiger partial charge in [0.05, 0.1) is 53.7 Å². The fourth-order valence-corrected chi connectivity index (χ4v) is 6.11. The molecule has 46 heavy (non-hydrogen) atoms. The third-order valence-corrected chi connectivity index (χ3v) is 8.12. The second-order valence-corrected chi connectivity index (χ2v) is 10.9. The molecule has 3 heterocycles. The molecule has 1 aliphatic heterocycles. The summed E-state index contributed by atoms with van der Waals surface area (Å²) in [6.45, 7) is 4.02. The van der Waals surface area contributed by atoms with Crippen molar-refractivity contribution < 1.29 is 37.8 Å². The van der Waals surface area contributed by atoms with E-state index in [4.69, 9.17) is 28.1 Å². The molecule has 0 bridgehead atoms. The molecule has 240 valence electrons. The van der Waals surface area contributed by atoms with E-state index in [1.165, 1.54) is 44.1 Å². The topological polar surface area (TPSA) is 154 Å². The Morgan fingerprint density at radius 2 is 1.89 bits per heavy atom. The Bertz CT molecular complexity index is 2010. The summed E-state index contributed by atoms with van der Waals surface area (Å²) < 4.78 is 35.2. The van der Waals surface area contributed by atoms with Crippen LogP contribution in [0.2, 0.25) is 0 Å². The van der Waals surface area contributed by atoms with Gasteiger partial charge in [-0.2, -0.15) is 0 Å². The maximum atomic E-state index is 14.1. The average Bonchev–Trinajstić information content (AvgIpc) is 3.64. The SMILES string of the molecule is CCOc1c(OC)cccc1[C@H]1C(C(=O)OCCOC)=C(C)N=c2s/c(=C/c3ccc(-c4cc([N+](=O)[O-])ccc4OC)o3)c(=O)n21. The number of benzene rings is 2. The van der Waals surface area contributed by atoms with Crippen LogP contribution in [0, 0.1) is 10.1 Å². The minimum absolute atomic E-state index is 0.00979. The Hall–Kier alpha value is -5.21. The number of methoxy groups -OCH3 is 3. The Labute approximate surface area is 266 Å². The van der Waals surface area contributed by atoms with Gasteiger partial charge in [-0.3, -0.25) is 19.5 Å². The molecule has 0 spiro atoms. The lowest BCUT2D eigenvalue weighted by atomic mass is 9.94. The molecule has 2 aromatic heterocycles. The minimum Gasteiger partial charge on any atom is -0.496 e. The first-order valence-corrected chi connectivity index (χ1v) is 14.9. The summed E-state index contributed by atoms with van der Waals surface area (Å²) in [5.41, 5.74) is 0.884. The smallest absolute Gasteiger partial charge is 0.338 e. The Morgan fingerprint density at radius 1 is 1.11 bits per heavy atom. The average molecular weight is 650 g/mol. The van der Waals surface area contributed by atoms with Crippen molar-refractivity contribution in [3.8, 4) is 28.6 Å². The fraction of sp³-hybridized carbons (Fsp3) is 0.281. The second-order valence-electron chi connectivity index (χ2n) is 9.87. The van der Waals surface area contributed by atoms with Crippen LogP contribution in [0.1, 0.15) is 31.2 Å². The highest BCUT2D eigenvalue weighted by Crippen LogP contribution is 2.41. The van der Waals surface area contributed by atoms with E-state index in [-0.39, 0.29) is 29.0 Å². The zero-order valence-corrected chi connectivity index (χ0v) is 26.5. The molecule has 5 rings (SSSR count). The number of para-hydroxylation sites is 1. The third-order valence-electron chi connectivity index (χ3n) is 7.13. The summed E-state index contributed by atoms with van der Waals surface area (Å²) in [4.78, 5) is 43.5. The maximum absolute atomic E-state index is 14.1. The van der Waals surface area contributed by atoms with Crippen LogP contribution in [-0.2, 0) is 14.3 Å². The zero-order chi connectivity index (χ0) is 33.0. The molecule has 2 aromatic carbocycles. The number of nitrogens with zero attached hydrogens (tertiary/aromatic N) is 3. The number of nitro benzene ring substituents is 1. The number of nitro groups is 1. The quantitative estimate of drug-likeness (QED) is 0.0952. The van der Waals surface area contributed by atoms with Gasteiger partial charge in [-0.1, -0.05) is 23.5 Å². The van der Waals surface area contributed by atoms with E-state index in [9.17, 15) is 19.7 Å². The Morgan fingerprint density at radius 3 is 2.59 bits per heavy atom. The van der Waals surface area contributed by atoms with E-state index in [0.717, 1.165) is 11.3 Å². The van der Waals surface area contributed by atoms with Crippen LogP contribution < -0.4 is 29.1 Å². The largest absolute Gasteiger partial charge is 0.496 e. The molecular weight excluding hydrogens is 618 g/mol. The molecule has 0 amide bonds. The van der Waals surface area contributed by atoms with Gasteiger partial charge in [0.2, 0.25) is 0 Å². The number of allylic oxidation sites excluding steroid dienone is 1. The van der Waals surface area contributed by atoms with Crippen LogP contribution in [0.25, 0.3) is 17.4 Å². The van der Waals surface area contributed by atoms with Crippen LogP contribution in [0.15, 0.2) is 74.0 Å². The van der Waals surface area contributed by atoms with Crippen molar-refractivity contribution in [2.75, 3.05) is 41.2 Å². The summed E-state index contributed by atoms with van der Waals surface area (Å²) in [7, 11) is 4.46. The Kier molecular flexibility index (Phi) is 9.68. The van der Waals surface area contributed by atoms with Crippen molar-refractivity contribution in [2.45, 2.75) is 19.9 Å². The number of carbonyl (C=O) groups is 1. The zero-order valence-electron chi connectivity index (χ0n) is 25.7. The highest BCUT2D eigenvalue weighted by atomic mass is 32.1. The molecule has 0 aliphatic carbocycles. The molecule has 0 unspecified atom stereocenters. The third kappa shape index (κ3) is 6.17. The predicted molar refractivity (Wildman–Crippen MR) is 168 cm³/mol. The van der Waals surface area contributed by atoms with E-state index in [1.807, 2.05) is 6.92 Å². The molecule has 1 atom stereocenters. The fourth-order valence-electron chi connectivity index (χ4n) is 5.09. The lowest BCUT2D eigenvalue weighted by Crippen LogP contribution is -2.40. The van der Waals surface area contributed by atoms with Crippen LogP contribution in [-0.4, -0.2) is 56.6 Å². The number of esters is 1. The molecule has 4 aromatic rings. The summed E-state index contributed by atoms with van der Waals surface area (Å²) in [5, 5.41) is 11.4. The van der Waals surface area contributed by atoms with Gasteiger partial charge in [-0.05, 0) is 38.1 Å². The summed E-state index contributed by atoms with van der Waals surface area (Å²) in [6, 6.07) is 11.8. The first-order valence-electron chi connectivity index (χ1n) is 14.1. The van der Waals surface area contributed by atoms with Gasteiger partial charge in [-0.15, -0.1) is 0 Å². The molecule has 0 saturated heterocycles. The highest BCUT2D eigenvalue weighted by Gasteiger charge is 2.36. The number of hydrogen-bond acceptors (Lipinski definition) is 12. The lowest BCUT2D eigenvalue weighted by molar-refractivity contribution is -0.384. The molecule has 0 N–H and O–H groups in total.